The van der Waals surface area contributed by atoms with E-state index in [2.05, 4.69) is 0 Å². The van der Waals surface area contributed by atoms with Crippen LogP contribution >= 0.6 is 0 Å². The van der Waals surface area contributed by atoms with Crippen molar-refractivity contribution in [3.63, 3.8) is 0 Å². The molecule has 0 spiro atoms. The molecule has 0 heterocycles. The lowest BCUT2D eigenvalue weighted by Crippen LogP contribution is -2.08. The number of nitrogens with zero attached hydrogens (tertiary/aromatic N) is 1. The van der Waals surface area contributed by atoms with Crippen molar-refractivity contribution in [2.24, 2.45) is 0 Å². The van der Waals surface area contributed by atoms with Gasteiger partial charge in [0.1, 0.15) is 5.75 Å². The number of hydrogen-bond acceptors (Lipinski definition) is 4. The van der Waals surface area contributed by atoms with Crippen molar-refractivity contribution in [2.45, 2.75) is 0 Å². The van der Waals surface area contributed by atoms with Gasteiger partial charge < -0.3 is 9.08 Å². The highest BCUT2D eigenvalue weighted by molar-refractivity contribution is 7.67. The average molecular weight is 251 g/mol. The van der Waals surface area contributed by atoms with Gasteiger partial charge in [-0.3, -0.25) is 0 Å². The van der Waals surface area contributed by atoms with Crippen LogP contribution in [-0.4, -0.2) is 22.5 Å². The van der Waals surface area contributed by atoms with E-state index in [0.29, 0.717) is 5.75 Å². The van der Waals surface area contributed by atoms with Crippen molar-refractivity contribution in [1.29, 1.82) is 0 Å². The standard InChI is InChI=1S/C12H13NO3S/c1-13(2)10-7-6-9-4-3-5-12(11(9)8-10)16-17(14)15/h3-8,17H,1-2H3. The Morgan fingerprint density at radius 1 is 1.12 bits per heavy atom. The molecule has 2 aromatic rings. The van der Waals surface area contributed by atoms with Crippen molar-refractivity contribution < 1.29 is 12.6 Å². The van der Waals surface area contributed by atoms with E-state index in [1.165, 1.54) is 0 Å². The smallest absolute Gasteiger partial charge is 0.299 e. The summed E-state index contributed by atoms with van der Waals surface area (Å²) in [6.45, 7) is 0. The molecule has 0 bridgehead atoms. The van der Waals surface area contributed by atoms with Gasteiger partial charge in [-0.05, 0) is 23.6 Å². The zero-order valence-electron chi connectivity index (χ0n) is 9.58. The third-order valence-electron chi connectivity index (χ3n) is 2.52. The maximum atomic E-state index is 10.6. The van der Waals surface area contributed by atoms with Crippen LogP contribution in [-0.2, 0) is 11.0 Å². The molecule has 0 radical (unpaired) electrons. The van der Waals surface area contributed by atoms with Crippen molar-refractivity contribution in [3.05, 3.63) is 36.4 Å². The number of rotatable bonds is 3. The van der Waals surface area contributed by atoms with Crippen LogP contribution in [0.2, 0.25) is 0 Å². The Kier molecular flexibility index (Phi) is 3.19. The van der Waals surface area contributed by atoms with Gasteiger partial charge in [0.05, 0.1) is 0 Å². The fraction of sp³-hybridized carbons (Fsp3) is 0.167. The second kappa shape index (κ2) is 4.63. The van der Waals surface area contributed by atoms with Crippen LogP contribution in [0.4, 0.5) is 5.69 Å². The van der Waals surface area contributed by atoms with Crippen LogP contribution in [0, 0.1) is 0 Å². The average Bonchev–Trinajstić information content (AvgIpc) is 2.28. The molecular formula is C12H13NO3S. The first-order valence-electron chi connectivity index (χ1n) is 5.10. The van der Waals surface area contributed by atoms with E-state index in [0.717, 1.165) is 16.5 Å². The van der Waals surface area contributed by atoms with Crippen LogP contribution in [0.25, 0.3) is 10.8 Å². The first kappa shape index (κ1) is 11.7. The van der Waals surface area contributed by atoms with E-state index in [9.17, 15) is 8.42 Å². The Morgan fingerprint density at radius 2 is 1.88 bits per heavy atom. The lowest BCUT2D eigenvalue weighted by Gasteiger charge is -2.13. The van der Waals surface area contributed by atoms with Gasteiger partial charge in [0.15, 0.2) is 0 Å². The van der Waals surface area contributed by atoms with E-state index in [4.69, 9.17) is 4.18 Å². The van der Waals surface area contributed by atoms with Gasteiger partial charge in [0.25, 0.3) is 11.0 Å². The third-order valence-corrected chi connectivity index (χ3v) is 2.86. The Morgan fingerprint density at radius 3 is 2.53 bits per heavy atom. The summed E-state index contributed by atoms with van der Waals surface area (Å²) in [5.41, 5.74) is 0.995. The number of anilines is 1. The van der Waals surface area contributed by atoms with Crippen molar-refractivity contribution in [1.82, 2.24) is 0 Å². The second-order valence-electron chi connectivity index (χ2n) is 3.87. The molecule has 0 atom stereocenters. The number of fused-ring (bicyclic) bond motifs is 1. The van der Waals surface area contributed by atoms with Crippen LogP contribution in [0.5, 0.6) is 5.75 Å². The SMILES string of the molecule is CN(C)c1ccc2cccc(O[SH](=O)=O)c2c1. The van der Waals surface area contributed by atoms with E-state index < -0.39 is 11.0 Å². The number of hydrogen-bond donors (Lipinski definition) is 1. The lowest BCUT2D eigenvalue weighted by atomic mass is 10.1. The zero-order chi connectivity index (χ0) is 12.4. The second-order valence-corrected chi connectivity index (χ2v) is 4.50. The topological polar surface area (TPSA) is 46.6 Å². The lowest BCUT2D eigenvalue weighted by molar-refractivity contribution is 0.513. The van der Waals surface area contributed by atoms with Crippen molar-refractivity contribution >= 4 is 27.4 Å². The van der Waals surface area contributed by atoms with Crippen LogP contribution in [0.1, 0.15) is 0 Å². The summed E-state index contributed by atoms with van der Waals surface area (Å²) in [4.78, 5) is 1.95. The molecule has 5 heteroatoms. The predicted molar refractivity (Wildman–Crippen MR) is 69.2 cm³/mol. The van der Waals surface area contributed by atoms with E-state index in [1.807, 2.05) is 43.3 Å². The number of benzene rings is 2. The first-order valence-corrected chi connectivity index (χ1v) is 6.20. The largest absolute Gasteiger partial charge is 0.384 e. The maximum Gasteiger partial charge on any atom is 0.299 e. The van der Waals surface area contributed by atoms with Gasteiger partial charge in [0, 0.05) is 25.2 Å². The minimum absolute atomic E-state index is 0.363. The highest BCUT2D eigenvalue weighted by atomic mass is 32.2. The summed E-state index contributed by atoms with van der Waals surface area (Å²) in [6, 6.07) is 11.2. The molecule has 17 heavy (non-hydrogen) atoms. The predicted octanol–water partition coefficient (Wildman–Crippen LogP) is 1.81. The molecule has 4 nitrogen and oxygen atoms in total. The van der Waals surface area contributed by atoms with Gasteiger partial charge in [-0.2, -0.15) is 8.42 Å². The molecular weight excluding hydrogens is 238 g/mol. The Bertz CT molecular complexity index is 612. The fourth-order valence-electron chi connectivity index (χ4n) is 1.67. The summed E-state index contributed by atoms with van der Waals surface area (Å²) >= 11 is 0. The molecule has 0 unspecified atom stereocenters. The van der Waals surface area contributed by atoms with Crippen molar-refractivity contribution in [2.75, 3.05) is 19.0 Å². The molecule has 0 saturated heterocycles. The zero-order valence-corrected chi connectivity index (χ0v) is 10.5. The summed E-state index contributed by atoms with van der Waals surface area (Å²) in [5.74, 6) is 0.363. The van der Waals surface area contributed by atoms with Crippen LogP contribution in [0.3, 0.4) is 0 Å². The number of thiol groups is 1. The Balaban J connectivity index is 2.63. The highest BCUT2D eigenvalue weighted by Gasteiger charge is 2.05. The van der Waals surface area contributed by atoms with E-state index in [1.54, 1.807) is 12.1 Å². The minimum Gasteiger partial charge on any atom is -0.384 e. The van der Waals surface area contributed by atoms with Crippen LogP contribution in [0.15, 0.2) is 36.4 Å². The van der Waals surface area contributed by atoms with Crippen molar-refractivity contribution in [3.8, 4) is 5.75 Å². The summed E-state index contributed by atoms with van der Waals surface area (Å²) < 4.78 is 26.1. The summed E-state index contributed by atoms with van der Waals surface area (Å²) in [7, 11) is 0.970. The fourth-order valence-corrected chi connectivity index (χ4v) is 1.99. The van der Waals surface area contributed by atoms with Gasteiger partial charge in [0.2, 0.25) is 0 Å². The molecule has 2 rings (SSSR count). The molecule has 2 aromatic carbocycles. The van der Waals surface area contributed by atoms with Gasteiger partial charge >= 0.3 is 0 Å². The molecule has 0 aliphatic rings. The quantitative estimate of drug-likeness (QED) is 0.845. The summed E-state index contributed by atoms with van der Waals surface area (Å²) in [5, 5.41) is 1.74. The molecule has 0 amide bonds. The Hall–Kier alpha value is -1.75. The van der Waals surface area contributed by atoms with Gasteiger partial charge in [-0.1, -0.05) is 18.2 Å². The van der Waals surface area contributed by atoms with Gasteiger partial charge in [-0.15, -0.1) is 0 Å². The van der Waals surface area contributed by atoms with E-state index in [-0.39, 0.29) is 0 Å². The monoisotopic (exact) mass is 251 g/mol. The highest BCUT2D eigenvalue weighted by Crippen LogP contribution is 2.29. The molecule has 0 fully saturated rings. The maximum absolute atomic E-state index is 10.6. The minimum atomic E-state index is -2.89. The van der Waals surface area contributed by atoms with Gasteiger partial charge in [-0.25, -0.2) is 0 Å². The molecule has 0 aliphatic carbocycles. The summed E-state index contributed by atoms with van der Waals surface area (Å²) in [6.07, 6.45) is 0. The molecule has 0 aliphatic heterocycles. The first-order chi connectivity index (χ1) is 8.08. The van der Waals surface area contributed by atoms with Crippen LogP contribution < -0.4 is 9.08 Å². The van der Waals surface area contributed by atoms with E-state index >= 15 is 0 Å². The molecule has 0 N–H and O–H groups in total. The molecule has 0 saturated carbocycles. The normalized spacial score (nSPS) is 10.8. The molecule has 90 valence electrons. The Labute approximate surface area is 102 Å². The molecule has 0 aromatic heterocycles. The third kappa shape index (κ3) is 2.50.